The van der Waals surface area contributed by atoms with Crippen molar-refractivity contribution in [2.24, 2.45) is 7.05 Å². The molecule has 1 amide bonds. The van der Waals surface area contributed by atoms with E-state index in [9.17, 15) is 14.7 Å². The molecule has 5 nitrogen and oxygen atoms in total. The highest BCUT2D eigenvalue weighted by Gasteiger charge is 2.50. The fourth-order valence-corrected chi connectivity index (χ4v) is 6.34. The van der Waals surface area contributed by atoms with Crippen molar-refractivity contribution in [2.75, 3.05) is 0 Å². The molecule has 6 rings (SSSR count). The van der Waals surface area contributed by atoms with Crippen LogP contribution in [-0.2, 0) is 29.5 Å². The first-order chi connectivity index (χ1) is 16.5. The first-order valence-corrected chi connectivity index (χ1v) is 12.5. The zero-order chi connectivity index (χ0) is 23.4. The Balaban J connectivity index is 1.56. The van der Waals surface area contributed by atoms with Crippen molar-refractivity contribution in [1.29, 1.82) is 0 Å². The summed E-state index contributed by atoms with van der Waals surface area (Å²) in [4.78, 5) is 28.7. The number of fused-ring (bicyclic) bond motifs is 2. The maximum absolute atomic E-state index is 13.5. The van der Waals surface area contributed by atoms with Gasteiger partial charge in [0.25, 0.3) is 11.7 Å². The Hall–Kier alpha value is -3.34. The van der Waals surface area contributed by atoms with Crippen molar-refractivity contribution in [3.63, 3.8) is 0 Å². The number of hydrogen-bond acceptors (Lipinski definition) is 3. The van der Waals surface area contributed by atoms with Crippen LogP contribution in [0.25, 0.3) is 16.7 Å². The molecule has 1 saturated carbocycles. The van der Waals surface area contributed by atoms with E-state index in [4.69, 9.17) is 0 Å². The summed E-state index contributed by atoms with van der Waals surface area (Å²) in [7, 11) is 1.98. The van der Waals surface area contributed by atoms with Gasteiger partial charge >= 0.3 is 0 Å². The molecular formula is C29H30N2O3. The summed E-state index contributed by atoms with van der Waals surface area (Å²) in [5, 5.41) is 12.6. The fraction of sp³-hybridized carbons (Fsp3) is 0.379. The first-order valence-electron chi connectivity index (χ1n) is 12.5. The van der Waals surface area contributed by atoms with E-state index >= 15 is 0 Å². The fourth-order valence-electron chi connectivity index (χ4n) is 6.34. The Labute approximate surface area is 199 Å². The topological polar surface area (TPSA) is 62.5 Å². The molecule has 1 unspecified atom stereocenters. The number of amides is 1. The second-order valence-corrected chi connectivity index (χ2v) is 10.0. The van der Waals surface area contributed by atoms with E-state index in [2.05, 4.69) is 6.07 Å². The molecule has 3 aliphatic rings. The van der Waals surface area contributed by atoms with Gasteiger partial charge in [0.2, 0.25) is 0 Å². The summed E-state index contributed by atoms with van der Waals surface area (Å²) >= 11 is 0. The molecule has 2 heterocycles. The van der Waals surface area contributed by atoms with Crippen molar-refractivity contribution in [2.45, 2.75) is 63.5 Å². The second-order valence-electron chi connectivity index (χ2n) is 10.0. The van der Waals surface area contributed by atoms with E-state index in [0.29, 0.717) is 5.56 Å². The maximum Gasteiger partial charge on any atom is 0.295 e. The molecule has 1 atom stereocenters. The van der Waals surface area contributed by atoms with E-state index in [-0.39, 0.29) is 17.4 Å². The minimum absolute atomic E-state index is 0.0225. The Bertz CT molecular complexity index is 1340. The average Bonchev–Trinajstić information content (AvgIpc) is 3.56. The van der Waals surface area contributed by atoms with Crippen molar-refractivity contribution in [3.8, 4) is 0 Å². The number of Topliss-reactive ketones (excluding diaryl/α,β-unsaturated/α-hetero) is 1. The summed E-state index contributed by atoms with van der Waals surface area (Å²) in [6.45, 7) is 0. The van der Waals surface area contributed by atoms with Crippen LogP contribution in [0.1, 0.15) is 66.8 Å². The largest absolute Gasteiger partial charge is 0.507 e. The van der Waals surface area contributed by atoms with Crippen molar-refractivity contribution < 1.29 is 14.7 Å². The number of carbonyl (C=O) groups is 2. The summed E-state index contributed by atoms with van der Waals surface area (Å²) < 4.78 is 2.04. The normalized spacial score (nSPS) is 22.6. The summed E-state index contributed by atoms with van der Waals surface area (Å²) in [6, 6.07) is 13.5. The molecule has 1 aromatic heterocycles. The number of nitrogens with zero attached hydrogens (tertiary/aromatic N) is 2. The quantitative estimate of drug-likeness (QED) is 0.326. The van der Waals surface area contributed by atoms with Gasteiger partial charge in [-0.25, -0.2) is 0 Å². The van der Waals surface area contributed by atoms with Crippen LogP contribution in [0.3, 0.4) is 0 Å². The molecule has 0 radical (unpaired) electrons. The van der Waals surface area contributed by atoms with Crippen LogP contribution in [0.2, 0.25) is 0 Å². The summed E-state index contributed by atoms with van der Waals surface area (Å²) in [5.41, 5.74) is 5.37. The smallest absolute Gasteiger partial charge is 0.295 e. The number of likely N-dealkylation sites (tertiary alicyclic amines) is 1. The maximum atomic E-state index is 13.5. The molecule has 1 saturated heterocycles. The minimum atomic E-state index is -0.578. The molecule has 0 spiro atoms. The SMILES string of the molecule is Cn1cc(C2/C(=C(\O)c3ccc4c(c3)CCCC4)C(=O)C(=O)N2C2CCCC2)c2ccccc21. The summed E-state index contributed by atoms with van der Waals surface area (Å²) in [6.07, 6.45) is 10.3. The number of hydrogen-bond donors (Lipinski definition) is 1. The predicted octanol–water partition coefficient (Wildman–Crippen LogP) is 5.42. The molecule has 2 aromatic carbocycles. The molecule has 174 valence electrons. The van der Waals surface area contributed by atoms with Gasteiger partial charge in [-0.1, -0.05) is 43.2 Å². The number of benzene rings is 2. The molecule has 5 heteroatoms. The molecule has 0 bridgehead atoms. The number of aryl methyl sites for hydroxylation is 3. The Morgan fingerprint density at radius 3 is 2.47 bits per heavy atom. The third-order valence-corrected chi connectivity index (χ3v) is 8.04. The molecule has 34 heavy (non-hydrogen) atoms. The number of aliphatic hydroxyl groups excluding tert-OH is 1. The van der Waals surface area contributed by atoms with Gasteiger partial charge < -0.3 is 14.6 Å². The standard InChI is InChI=1S/C29H30N2O3/c1-30-17-23(22-12-6-7-13-24(22)30)26-25(28(33)29(34)31(26)21-10-4-5-11-21)27(32)20-15-14-18-8-2-3-9-19(18)16-20/h6-7,12-17,21,26,32H,2-5,8-11H2,1H3/b27-25+. The number of carbonyl (C=O) groups excluding carboxylic acids is 2. The van der Waals surface area contributed by atoms with Crippen LogP contribution in [0.5, 0.6) is 0 Å². The van der Waals surface area contributed by atoms with Crippen molar-refractivity contribution >= 4 is 28.4 Å². The number of aliphatic hydroxyl groups is 1. The highest BCUT2D eigenvalue weighted by Crippen LogP contribution is 2.45. The lowest BCUT2D eigenvalue weighted by Crippen LogP contribution is -2.37. The van der Waals surface area contributed by atoms with E-state index in [0.717, 1.165) is 61.4 Å². The van der Waals surface area contributed by atoms with Gasteiger partial charge in [-0.15, -0.1) is 0 Å². The Morgan fingerprint density at radius 2 is 1.68 bits per heavy atom. The lowest BCUT2D eigenvalue weighted by molar-refractivity contribution is -0.141. The van der Waals surface area contributed by atoms with Crippen molar-refractivity contribution in [1.82, 2.24) is 9.47 Å². The lowest BCUT2D eigenvalue weighted by Gasteiger charge is -2.30. The molecule has 3 aromatic rings. The van der Waals surface area contributed by atoms with Crippen LogP contribution in [0.4, 0.5) is 0 Å². The number of ketones is 1. The monoisotopic (exact) mass is 454 g/mol. The second kappa shape index (κ2) is 8.15. The highest BCUT2D eigenvalue weighted by molar-refractivity contribution is 6.46. The minimum Gasteiger partial charge on any atom is -0.507 e. The van der Waals surface area contributed by atoms with Crippen LogP contribution in [0, 0.1) is 0 Å². The summed E-state index contributed by atoms with van der Waals surface area (Å²) in [5.74, 6) is -1.10. The predicted molar refractivity (Wildman–Crippen MR) is 132 cm³/mol. The van der Waals surface area contributed by atoms with Gasteiger partial charge in [0.15, 0.2) is 0 Å². The Kier molecular flexibility index (Phi) is 5.09. The average molecular weight is 455 g/mol. The van der Waals surface area contributed by atoms with E-state index in [1.165, 1.54) is 17.5 Å². The van der Waals surface area contributed by atoms with E-state index in [1.54, 1.807) is 4.90 Å². The van der Waals surface area contributed by atoms with E-state index in [1.807, 2.05) is 54.2 Å². The molecular weight excluding hydrogens is 424 g/mol. The number of aromatic nitrogens is 1. The lowest BCUT2D eigenvalue weighted by atomic mass is 9.88. The molecule has 2 aliphatic carbocycles. The number of para-hydroxylation sites is 1. The third kappa shape index (κ3) is 3.21. The zero-order valence-electron chi connectivity index (χ0n) is 19.6. The first kappa shape index (κ1) is 21.2. The number of rotatable bonds is 3. The van der Waals surface area contributed by atoms with Gasteiger partial charge in [-0.3, -0.25) is 9.59 Å². The van der Waals surface area contributed by atoms with Gasteiger partial charge in [0.1, 0.15) is 5.76 Å². The van der Waals surface area contributed by atoms with Crippen LogP contribution < -0.4 is 0 Å². The van der Waals surface area contributed by atoms with Gasteiger partial charge in [-0.05, 0) is 61.8 Å². The highest BCUT2D eigenvalue weighted by atomic mass is 16.3. The molecule has 1 aliphatic heterocycles. The van der Waals surface area contributed by atoms with Gasteiger partial charge in [-0.2, -0.15) is 0 Å². The van der Waals surface area contributed by atoms with E-state index < -0.39 is 17.7 Å². The third-order valence-electron chi connectivity index (χ3n) is 8.04. The van der Waals surface area contributed by atoms with Gasteiger partial charge in [0, 0.05) is 41.3 Å². The van der Waals surface area contributed by atoms with Crippen molar-refractivity contribution in [3.05, 3.63) is 76.5 Å². The molecule has 1 N–H and O–H groups in total. The Morgan fingerprint density at radius 1 is 0.941 bits per heavy atom. The molecule has 2 fully saturated rings. The van der Waals surface area contributed by atoms with Crippen LogP contribution >= 0.6 is 0 Å². The van der Waals surface area contributed by atoms with Crippen LogP contribution in [0.15, 0.2) is 54.2 Å². The van der Waals surface area contributed by atoms with Crippen LogP contribution in [-0.4, -0.2) is 32.3 Å². The zero-order valence-corrected chi connectivity index (χ0v) is 19.6. The van der Waals surface area contributed by atoms with Gasteiger partial charge in [0.05, 0.1) is 11.6 Å².